The third kappa shape index (κ3) is 1.81. The third-order valence-corrected chi connectivity index (χ3v) is 5.44. The van der Waals surface area contributed by atoms with Gasteiger partial charge in [0.15, 0.2) is 0 Å². The molecule has 2 aliphatic carbocycles. The quantitative estimate of drug-likeness (QED) is 0.868. The molecule has 3 fully saturated rings. The van der Waals surface area contributed by atoms with Gasteiger partial charge >= 0.3 is 5.97 Å². The molecule has 1 amide bonds. The molecule has 1 aliphatic heterocycles. The van der Waals surface area contributed by atoms with E-state index in [1.54, 1.807) is 0 Å². The van der Waals surface area contributed by atoms with Gasteiger partial charge in [0.05, 0.1) is 11.8 Å². The first-order valence-electron chi connectivity index (χ1n) is 7.78. The van der Waals surface area contributed by atoms with Crippen LogP contribution in [0.2, 0.25) is 0 Å². The summed E-state index contributed by atoms with van der Waals surface area (Å²) in [6, 6.07) is 7.86. The van der Waals surface area contributed by atoms with Crippen LogP contribution >= 0.6 is 0 Å². The summed E-state index contributed by atoms with van der Waals surface area (Å²) in [5.41, 5.74) is 2.00. The van der Waals surface area contributed by atoms with Crippen LogP contribution in [0.4, 0.5) is 5.69 Å². The number of amides is 1. The number of rotatable bonds is 3. The Morgan fingerprint density at radius 3 is 2.95 bits per heavy atom. The van der Waals surface area contributed by atoms with Crippen LogP contribution in [-0.2, 0) is 20.7 Å². The molecule has 2 saturated carbocycles. The van der Waals surface area contributed by atoms with Crippen molar-refractivity contribution < 1.29 is 14.3 Å². The van der Waals surface area contributed by atoms with Crippen molar-refractivity contribution in [3.8, 4) is 0 Å². The maximum absolute atomic E-state index is 12.7. The zero-order valence-electron chi connectivity index (χ0n) is 12.0. The number of hydrogen-bond donors (Lipinski definition) is 1. The van der Waals surface area contributed by atoms with E-state index in [1.807, 2.05) is 24.3 Å². The molecule has 5 unspecified atom stereocenters. The minimum absolute atomic E-state index is 0.00861. The summed E-state index contributed by atoms with van der Waals surface area (Å²) >= 11 is 0. The largest absolute Gasteiger partial charge is 0.462 e. The summed E-state index contributed by atoms with van der Waals surface area (Å²) in [4.78, 5) is 24.7. The number of ether oxygens (including phenoxy) is 1. The molecule has 0 aromatic heterocycles. The molecule has 1 aromatic rings. The van der Waals surface area contributed by atoms with Gasteiger partial charge in [0, 0.05) is 11.6 Å². The smallest absolute Gasteiger partial charge is 0.310 e. The van der Waals surface area contributed by atoms with Gasteiger partial charge < -0.3 is 10.1 Å². The molecule has 3 aliphatic rings. The Bertz CT molecular complexity index is 610. The van der Waals surface area contributed by atoms with Crippen LogP contribution in [0.25, 0.3) is 0 Å². The minimum Gasteiger partial charge on any atom is -0.462 e. The van der Waals surface area contributed by atoms with Crippen molar-refractivity contribution in [1.82, 2.24) is 0 Å². The van der Waals surface area contributed by atoms with Crippen LogP contribution < -0.4 is 5.32 Å². The number of fused-ring (bicyclic) bond motifs is 1. The van der Waals surface area contributed by atoms with E-state index >= 15 is 0 Å². The van der Waals surface area contributed by atoms with Crippen molar-refractivity contribution in [3.05, 3.63) is 29.8 Å². The highest BCUT2D eigenvalue weighted by molar-refractivity contribution is 5.97. The highest BCUT2D eigenvalue weighted by Crippen LogP contribution is 2.57. The van der Waals surface area contributed by atoms with E-state index in [-0.39, 0.29) is 35.7 Å². The van der Waals surface area contributed by atoms with E-state index < -0.39 is 0 Å². The Morgan fingerprint density at radius 2 is 2.14 bits per heavy atom. The molecule has 1 N–H and O–H groups in total. The summed E-state index contributed by atoms with van der Waals surface area (Å²) in [6.45, 7) is 2.07. The van der Waals surface area contributed by atoms with E-state index in [4.69, 9.17) is 4.74 Å². The predicted octanol–water partition coefficient (Wildman–Crippen LogP) is 2.39. The molecule has 4 rings (SSSR count). The normalized spacial score (nSPS) is 35.9. The summed E-state index contributed by atoms with van der Waals surface area (Å²) in [7, 11) is 0. The van der Waals surface area contributed by atoms with Crippen molar-refractivity contribution in [2.45, 2.75) is 32.3 Å². The van der Waals surface area contributed by atoms with Gasteiger partial charge in [-0.3, -0.25) is 9.59 Å². The van der Waals surface area contributed by atoms with E-state index in [9.17, 15) is 9.59 Å². The third-order valence-electron chi connectivity index (χ3n) is 5.44. The molecule has 4 nitrogen and oxygen atoms in total. The molecular formula is C17H19NO3. The lowest BCUT2D eigenvalue weighted by atomic mass is 9.79. The lowest BCUT2D eigenvalue weighted by Gasteiger charge is -2.24. The van der Waals surface area contributed by atoms with Crippen LogP contribution in [0.1, 0.15) is 25.3 Å². The number of benzene rings is 1. The number of carbonyl (C=O) groups excluding carboxylic acids is 2. The summed E-state index contributed by atoms with van der Waals surface area (Å²) < 4.78 is 5.40. The lowest BCUT2D eigenvalue weighted by Crippen LogP contribution is -2.36. The molecule has 110 valence electrons. The molecule has 1 heterocycles. The average Bonchev–Trinajstić information content (AvgIpc) is 3.09. The number of nitrogens with one attached hydrogen (secondary N) is 1. The fourth-order valence-electron chi connectivity index (χ4n) is 4.53. The fourth-order valence-corrected chi connectivity index (χ4v) is 4.53. The van der Waals surface area contributed by atoms with Gasteiger partial charge in [-0.2, -0.15) is 0 Å². The fraction of sp³-hybridized carbons (Fsp3) is 0.529. The van der Waals surface area contributed by atoms with Crippen molar-refractivity contribution >= 4 is 17.6 Å². The Kier molecular flexibility index (Phi) is 2.81. The van der Waals surface area contributed by atoms with Crippen LogP contribution in [0.3, 0.4) is 0 Å². The summed E-state index contributed by atoms with van der Waals surface area (Å²) in [5.74, 6) is 0.0123. The number of hydrogen-bond acceptors (Lipinski definition) is 3. The van der Waals surface area contributed by atoms with E-state index in [0.717, 1.165) is 30.5 Å². The van der Waals surface area contributed by atoms with Crippen molar-refractivity contribution in [1.29, 1.82) is 0 Å². The number of aryl methyl sites for hydroxylation is 1. The second-order valence-corrected chi connectivity index (χ2v) is 6.42. The standard InChI is InChI=1S/C17H19NO3/c1-2-9-5-3-4-6-12(9)18-16(19)14-10-7-11-13(8-10)21-17(20)15(11)14/h3-6,10-11,13-15H,2,7-8H2,1H3,(H,18,19). The second-order valence-electron chi connectivity index (χ2n) is 6.42. The second kappa shape index (κ2) is 4.58. The van der Waals surface area contributed by atoms with Crippen LogP contribution in [0.5, 0.6) is 0 Å². The highest BCUT2D eigenvalue weighted by Gasteiger charge is 2.63. The molecule has 5 atom stereocenters. The molecule has 2 bridgehead atoms. The maximum atomic E-state index is 12.7. The molecule has 4 heteroatoms. The lowest BCUT2D eigenvalue weighted by molar-refractivity contribution is -0.145. The van der Waals surface area contributed by atoms with Gasteiger partial charge in [0.25, 0.3) is 0 Å². The van der Waals surface area contributed by atoms with Crippen LogP contribution in [0.15, 0.2) is 24.3 Å². The average molecular weight is 285 g/mol. The van der Waals surface area contributed by atoms with Gasteiger partial charge in [-0.05, 0) is 36.8 Å². The van der Waals surface area contributed by atoms with Crippen molar-refractivity contribution in [3.63, 3.8) is 0 Å². The Balaban J connectivity index is 1.57. The SMILES string of the molecule is CCc1ccccc1NC(=O)C1C2CC3OC(=O)C1C3C2. The maximum Gasteiger partial charge on any atom is 0.310 e. The number of carbonyl (C=O) groups is 2. The predicted molar refractivity (Wildman–Crippen MR) is 77.5 cm³/mol. The zero-order chi connectivity index (χ0) is 14.6. The number of esters is 1. The Labute approximate surface area is 123 Å². The topological polar surface area (TPSA) is 55.4 Å². The first kappa shape index (κ1) is 12.9. The highest BCUT2D eigenvalue weighted by atomic mass is 16.6. The first-order chi connectivity index (χ1) is 10.2. The number of anilines is 1. The Hall–Kier alpha value is -1.84. The summed E-state index contributed by atoms with van der Waals surface area (Å²) in [6.07, 6.45) is 2.79. The van der Waals surface area contributed by atoms with Gasteiger partial charge in [-0.1, -0.05) is 25.1 Å². The van der Waals surface area contributed by atoms with Crippen molar-refractivity contribution in [2.75, 3.05) is 5.32 Å². The molecule has 1 aromatic carbocycles. The van der Waals surface area contributed by atoms with E-state index in [1.165, 1.54) is 0 Å². The molecule has 21 heavy (non-hydrogen) atoms. The zero-order valence-corrected chi connectivity index (χ0v) is 12.0. The molecular weight excluding hydrogens is 266 g/mol. The van der Waals surface area contributed by atoms with E-state index in [2.05, 4.69) is 12.2 Å². The molecule has 1 saturated heterocycles. The monoisotopic (exact) mass is 285 g/mol. The van der Waals surface area contributed by atoms with Crippen molar-refractivity contribution in [2.24, 2.45) is 23.7 Å². The van der Waals surface area contributed by atoms with Gasteiger partial charge in [0.2, 0.25) is 5.91 Å². The molecule has 0 spiro atoms. The van der Waals surface area contributed by atoms with Crippen LogP contribution in [0, 0.1) is 23.7 Å². The van der Waals surface area contributed by atoms with Gasteiger partial charge in [-0.25, -0.2) is 0 Å². The molecule has 0 radical (unpaired) electrons. The van der Waals surface area contributed by atoms with Crippen LogP contribution in [-0.4, -0.2) is 18.0 Å². The first-order valence-corrected chi connectivity index (χ1v) is 7.78. The summed E-state index contributed by atoms with van der Waals surface area (Å²) in [5, 5.41) is 3.04. The van der Waals surface area contributed by atoms with E-state index in [0.29, 0.717) is 5.92 Å². The minimum atomic E-state index is -0.206. The van der Waals surface area contributed by atoms with Gasteiger partial charge in [0.1, 0.15) is 6.10 Å². The number of para-hydroxylation sites is 1. The Morgan fingerprint density at radius 1 is 1.33 bits per heavy atom. The van der Waals surface area contributed by atoms with Gasteiger partial charge in [-0.15, -0.1) is 0 Å².